The monoisotopic (exact) mass is 245 g/mol. The first kappa shape index (κ1) is 13.5. The Morgan fingerprint density at radius 3 is 2.71 bits per heavy atom. The van der Waals surface area contributed by atoms with Crippen LogP contribution in [0.4, 0.5) is 4.79 Å². The van der Waals surface area contributed by atoms with E-state index in [2.05, 4.69) is 6.58 Å². The van der Waals surface area contributed by atoms with E-state index >= 15 is 0 Å². The standard InChI is InChI=1S/C10H15NO6/c1-2-3-17-10(15)11(4-9(13)14)7-5-16-6-8(7)12/h2,7-8,12H,1,3-6H2,(H,13,14)/t7-,8-/m1/s1. The van der Waals surface area contributed by atoms with E-state index in [1.807, 2.05) is 0 Å². The Bertz CT molecular complexity index is 305. The quantitative estimate of drug-likeness (QED) is 0.631. The summed E-state index contributed by atoms with van der Waals surface area (Å²) >= 11 is 0. The summed E-state index contributed by atoms with van der Waals surface area (Å²) in [6.07, 6.45) is -0.328. The van der Waals surface area contributed by atoms with Crippen LogP contribution in [0.5, 0.6) is 0 Å². The molecular formula is C10H15NO6. The number of nitrogens with zero attached hydrogens (tertiary/aromatic N) is 1. The number of aliphatic carboxylic acids is 1. The summed E-state index contributed by atoms with van der Waals surface area (Å²) in [6.45, 7) is 3.00. The molecule has 0 aromatic heterocycles. The highest BCUT2D eigenvalue weighted by atomic mass is 16.6. The van der Waals surface area contributed by atoms with Gasteiger partial charge in [-0.05, 0) is 0 Å². The minimum Gasteiger partial charge on any atom is -0.480 e. The van der Waals surface area contributed by atoms with Gasteiger partial charge in [0.1, 0.15) is 19.3 Å². The lowest BCUT2D eigenvalue weighted by Gasteiger charge is -2.27. The average Bonchev–Trinajstić information content (AvgIpc) is 2.68. The molecule has 96 valence electrons. The highest BCUT2D eigenvalue weighted by molar-refractivity contribution is 5.77. The van der Waals surface area contributed by atoms with E-state index < -0.39 is 30.8 Å². The minimum absolute atomic E-state index is 0.0153. The average molecular weight is 245 g/mol. The van der Waals surface area contributed by atoms with Gasteiger partial charge in [-0.1, -0.05) is 12.7 Å². The second-order valence-corrected chi connectivity index (χ2v) is 3.56. The van der Waals surface area contributed by atoms with Crippen molar-refractivity contribution in [3.05, 3.63) is 12.7 Å². The number of aliphatic hydroxyl groups is 1. The maximum atomic E-state index is 11.6. The Kier molecular flexibility index (Phi) is 4.92. The lowest BCUT2D eigenvalue weighted by atomic mass is 10.2. The molecule has 0 bridgehead atoms. The number of hydrogen-bond acceptors (Lipinski definition) is 5. The van der Waals surface area contributed by atoms with Crippen molar-refractivity contribution in [1.82, 2.24) is 4.90 Å². The van der Waals surface area contributed by atoms with Crippen LogP contribution in [-0.4, -0.2) is 65.7 Å². The van der Waals surface area contributed by atoms with Gasteiger partial charge in [0.25, 0.3) is 0 Å². The molecule has 0 aromatic carbocycles. The molecule has 2 atom stereocenters. The molecule has 0 aromatic rings. The van der Waals surface area contributed by atoms with Crippen LogP contribution in [0.25, 0.3) is 0 Å². The van der Waals surface area contributed by atoms with Crippen molar-refractivity contribution in [3.8, 4) is 0 Å². The van der Waals surface area contributed by atoms with E-state index in [4.69, 9.17) is 14.6 Å². The molecule has 0 radical (unpaired) electrons. The first-order chi connectivity index (χ1) is 8.06. The van der Waals surface area contributed by atoms with E-state index in [9.17, 15) is 14.7 Å². The van der Waals surface area contributed by atoms with Crippen molar-refractivity contribution >= 4 is 12.1 Å². The number of ether oxygens (including phenoxy) is 2. The number of aliphatic hydroxyl groups excluding tert-OH is 1. The van der Waals surface area contributed by atoms with Gasteiger partial charge >= 0.3 is 12.1 Å². The van der Waals surface area contributed by atoms with Crippen LogP contribution in [-0.2, 0) is 14.3 Å². The number of carboxylic acid groups (broad SMARTS) is 1. The fourth-order valence-electron chi connectivity index (χ4n) is 1.51. The number of carbonyl (C=O) groups is 2. The van der Waals surface area contributed by atoms with Gasteiger partial charge < -0.3 is 19.7 Å². The zero-order chi connectivity index (χ0) is 12.8. The van der Waals surface area contributed by atoms with E-state index in [-0.39, 0.29) is 19.8 Å². The van der Waals surface area contributed by atoms with Crippen molar-refractivity contribution < 1.29 is 29.3 Å². The third-order valence-corrected chi connectivity index (χ3v) is 2.29. The third-order valence-electron chi connectivity index (χ3n) is 2.29. The molecular weight excluding hydrogens is 230 g/mol. The van der Waals surface area contributed by atoms with Gasteiger partial charge in [0.05, 0.1) is 19.3 Å². The number of carbonyl (C=O) groups excluding carboxylic acids is 1. The second kappa shape index (κ2) is 6.21. The fraction of sp³-hybridized carbons (Fsp3) is 0.600. The topological polar surface area (TPSA) is 96.3 Å². The molecule has 1 rings (SSSR count). The molecule has 0 unspecified atom stereocenters. The van der Waals surface area contributed by atoms with Crippen LogP contribution in [0.1, 0.15) is 0 Å². The minimum atomic E-state index is -1.18. The van der Waals surface area contributed by atoms with E-state index in [1.165, 1.54) is 6.08 Å². The fourth-order valence-corrected chi connectivity index (χ4v) is 1.51. The number of hydrogen-bond donors (Lipinski definition) is 2. The van der Waals surface area contributed by atoms with Crippen LogP contribution in [0.3, 0.4) is 0 Å². The summed E-state index contributed by atoms with van der Waals surface area (Å²) in [4.78, 5) is 23.2. The van der Waals surface area contributed by atoms with Gasteiger partial charge in [-0.25, -0.2) is 4.79 Å². The number of amides is 1. The smallest absolute Gasteiger partial charge is 0.411 e. The molecule has 1 amide bonds. The van der Waals surface area contributed by atoms with Crippen LogP contribution in [0, 0.1) is 0 Å². The van der Waals surface area contributed by atoms with Crippen molar-refractivity contribution in [3.63, 3.8) is 0 Å². The van der Waals surface area contributed by atoms with Crippen LogP contribution < -0.4 is 0 Å². The van der Waals surface area contributed by atoms with Gasteiger partial charge in [-0.2, -0.15) is 0 Å². The zero-order valence-corrected chi connectivity index (χ0v) is 9.24. The SMILES string of the molecule is C=CCOC(=O)N(CC(=O)O)[C@@H]1COC[C@H]1O. The molecule has 1 aliphatic rings. The van der Waals surface area contributed by atoms with Gasteiger partial charge in [0.15, 0.2) is 0 Å². The van der Waals surface area contributed by atoms with Crippen molar-refractivity contribution in [1.29, 1.82) is 0 Å². The maximum absolute atomic E-state index is 11.6. The van der Waals surface area contributed by atoms with Crippen molar-refractivity contribution in [2.45, 2.75) is 12.1 Å². The van der Waals surface area contributed by atoms with Crippen molar-refractivity contribution in [2.24, 2.45) is 0 Å². The first-order valence-electron chi connectivity index (χ1n) is 5.08. The molecule has 1 heterocycles. The van der Waals surface area contributed by atoms with Gasteiger partial charge in [0.2, 0.25) is 0 Å². The third kappa shape index (κ3) is 3.72. The lowest BCUT2D eigenvalue weighted by molar-refractivity contribution is -0.138. The molecule has 17 heavy (non-hydrogen) atoms. The predicted molar refractivity (Wildman–Crippen MR) is 56.5 cm³/mol. The second-order valence-electron chi connectivity index (χ2n) is 3.56. The van der Waals surface area contributed by atoms with Gasteiger partial charge in [0, 0.05) is 0 Å². The Balaban J connectivity index is 2.68. The molecule has 7 nitrogen and oxygen atoms in total. The summed E-state index contributed by atoms with van der Waals surface area (Å²) < 4.78 is 9.73. The van der Waals surface area contributed by atoms with E-state index in [0.717, 1.165) is 4.90 Å². The predicted octanol–water partition coefficient (Wildman–Crippen LogP) is -0.545. The molecule has 0 spiro atoms. The normalized spacial score (nSPS) is 23.1. The summed E-state index contributed by atoms with van der Waals surface area (Å²) in [6, 6.07) is -0.691. The number of rotatable bonds is 5. The van der Waals surface area contributed by atoms with E-state index in [1.54, 1.807) is 0 Å². The largest absolute Gasteiger partial charge is 0.480 e. The number of carboxylic acids is 1. The lowest BCUT2D eigenvalue weighted by Crippen LogP contribution is -2.49. The summed E-state index contributed by atoms with van der Waals surface area (Å²) in [7, 11) is 0. The molecule has 7 heteroatoms. The Hall–Kier alpha value is -1.60. The maximum Gasteiger partial charge on any atom is 0.411 e. The summed E-state index contributed by atoms with van der Waals surface area (Å²) in [5.41, 5.74) is 0. The van der Waals surface area contributed by atoms with Crippen molar-refractivity contribution in [2.75, 3.05) is 26.4 Å². The zero-order valence-electron chi connectivity index (χ0n) is 9.24. The molecule has 0 aliphatic carbocycles. The molecule has 2 N–H and O–H groups in total. The summed E-state index contributed by atoms with van der Waals surface area (Å²) in [5.74, 6) is -1.18. The Labute approximate surface area is 98.2 Å². The van der Waals surface area contributed by atoms with E-state index in [0.29, 0.717) is 0 Å². The molecule has 1 aliphatic heterocycles. The van der Waals surface area contributed by atoms with Crippen LogP contribution in [0.15, 0.2) is 12.7 Å². The van der Waals surface area contributed by atoms with Crippen LogP contribution in [0.2, 0.25) is 0 Å². The molecule has 1 saturated heterocycles. The summed E-state index contributed by atoms with van der Waals surface area (Å²) in [5, 5.41) is 18.3. The molecule has 0 saturated carbocycles. The highest BCUT2D eigenvalue weighted by Crippen LogP contribution is 2.14. The van der Waals surface area contributed by atoms with Crippen LogP contribution >= 0.6 is 0 Å². The molecule has 1 fully saturated rings. The first-order valence-corrected chi connectivity index (χ1v) is 5.08. The van der Waals surface area contributed by atoms with Gasteiger partial charge in [-0.3, -0.25) is 9.69 Å². The Morgan fingerprint density at radius 1 is 1.53 bits per heavy atom. The Morgan fingerprint density at radius 2 is 2.24 bits per heavy atom. The highest BCUT2D eigenvalue weighted by Gasteiger charge is 2.36. The van der Waals surface area contributed by atoms with Gasteiger partial charge in [-0.15, -0.1) is 0 Å².